The fourth-order valence-electron chi connectivity index (χ4n) is 3.64. The number of rotatable bonds is 6. The zero-order valence-electron chi connectivity index (χ0n) is 16.8. The number of benzene rings is 3. The van der Waals surface area contributed by atoms with E-state index in [1.54, 1.807) is 39.8 Å². The first-order valence-corrected chi connectivity index (χ1v) is 9.99. The van der Waals surface area contributed by atoms with Gasteiger partial charge in [0.2, 0.25) is 0 Å². The summed E-state index contributed by atoms with van der Waals surface area (Å²) in [6, 6.07) is 20.0. The molecule has 0 fully saturated rings. The topological polar surface area (TPSA) is 36.9 Å². The molecule has 4 nitrogen and oxygen atoms in total. The molecule has 148 valence electrons. The fraction of sp³-hybridized carbons (Fsp3) is 0.167. The highest BCUT2D eigenvalue weighted by Crippen LogP contribution is 2.54. The fourth-order valence-corrected chi connectivity index (χ4v) is 4.91. The Labute approximate surface area is 174 Å². The summed E-state index contributed by atoms with van der Waals surface area (Å²) in [5.74, 6) is 3.02. The van der Waals surface area contributed by atoms with Gasteiger partial charge in [0.05, 0.1) is 44.4 Å². The van der Waals surface area contributed by atoms with Crippen molar-refractivity contribution in [2.24, 2.45) is 0 Å². The molecule has 5 heteroatoms. The third-order valence-electron chi connectivity index (χ3n) is 4.93. The van der Waals surface area contributed by atoms with Crippen LogP contribution in [0.25, 0.3) is 31.7 Å². The van der Waals surface area contributed by atoms with E-state index >= 15 is 0 Å². The van der Waals surface area contributed by atoms with Crippen molar-refractivity contribution in [1.29, 1.82) is 0 Å². The molecule has 1 heterocycles. The molecule has 0 radical (unpaired) electrons. The molecule has 0 unspecified atom stereocenters. The van der Waals surface area contributed by atoms with Crippen LogP contribution < -0.4 is 18.9 Å². The predicted molar refractivity (Wildman–Crippen MR) is 119 cm³/mol. The van der Waals surface area contributed by atoms with Crippen LogP contribution in [0.15, 0.2) is 60.7 Å². The molecule has 0 saturated carbocycles. The molecule has 1 aromatic heterocycles. The molecule has 0 spiro atoms. The third kappa shape index (κ3) is 3.17. The standard InChI is InChI=1S/C24H22O4S/c1-25-16-10-7-11-17(26-2)22(16)21-15-9-5-6-14-20(15)29-24(21)23-18(27-3)12-8-13-19(23)28-4/h5-14H,1-4H3. The lowest BCUT2D eigenvalue weighted by atomic mass is 9.96. The van der Waals surface area contributed by atoms with Gasteiger partial charge in [-0.2, -0.15) is 0 Å². The molecule has 0 aliphatic rings. The first-order valence-electron chi connectivity index (χ1n) is 9.17. The normalized spacial score (nSPS) is 10.8. The molecule has 29 heavy (non-hydrogen) atoms. The van der Waals surface area contributed by atoms with E-state index in [1.807, 2.05) is 48.5 Å². The maximum atomic E-state index is 5.73. The highest BCUT2D eigenvalue weighted by atomic mass is 32.1. The summed E-state index contributed by atoms with van der Waals surface area (Å²) in [5.41, 5.74) is 2.88. The zero-order chi connectivity index (χ0) is 20.4. The van der Waals surface area contributed by atoms with Crippen molar-refractivity contribution in [3.63, 3.8) is 0 Å². The molecule has 0 atom stereocenters. The molecule has 0 amide bonds. The van der Waals surface area contributed by atoms with E-state index in [4.69, 9.17) is 18.9 Å². The number of hydrogen-bond acceptors (Lipinski definition) is 5. The van der Waals surface area contributed by atoms with Gasteiger partial charge in [0.15, 0.2) is 0 Å². The van der Waals surface area contributed by atoms with Crippen LogP contribution in [0.1, 0.15) is 0 Å². The lowest BCUT2D eigenvalue weighted by Crippen LogP contribution is -1.95. The molecule has 0 bridgehead atoms. The zero-order valence-corrected chi connectivity index (χ0v) is 17.6. The van der Waals surface area contributed by atoms with Crippen LogP contribution in [-0.4, -0.2) is 28.4 Å². The highest BCUT2D eigenvalue weighted by Gasteiger charge is 2.25. The van der Waals surface area contributed by atoms with Gasteiger partial charge >= 0.3 is 0 Å². The summed E-state index contributed by atoms with van der Waals surface area (Å²) in [6.45, 7) is 0. The lowest BCUT2D eigenvalue weighted by Gasteiger charge is -2.17. The molecule has 4 rings (SSSR count). The van der Waals surface area contributed by atoms with Gasteiger partial charge in [-0.3, -0.25) is 0 Å². The second-order valence-corrected chi connectivity index (χ2v) is 7.43. The van der Waals surface area contributed by atoms with Crippen LogP contribution in [0, 0.1) is 0 Å². The first-order chi connectivity index (χ1) is 14.2. The Bertz CT molecular complexity index is 1120. The van der Waals surface area contributed by atoms with Crippen molar-refractivity contribution in [2.45, 2.75) is 0 Å². The molecule has 0 aliphatic heterocycles. The minimum absolute atomic E-state index is 0.753. The SMILES string of the molecule is COc1cccc(OC)c1-c1sc2ccccc2c1-c1c(OC)cccc1OC. The van der Waals surface area contributed by atoms with Crippen LogP contribution in [-0.2, 0) is 0 Å². The van der Waals surface area contributed by atoms with Crippen LogP contribution >= 0.6 is 11.3 Å². The average Bonchev–Trinajstić information content (AvgIpc) is 3.16. The third-order valence-corrected chi connectivity index (χ3v) is 6.12. The maximum absolute atomic E-state index is 5.73. The largest absolute Gasteiger partial charge is 0.496 e. The first kappa shape index (κ1) is 19.2. The van der Waals surface area contributed by atoms with Gasteiger partial charge in [-0.1, -0.05) is 30.3 Å². The Hall–Kier alpha value is -3.18. The van der Waals surface area contributed by atoms with Gasteiger partial charge in [-0.05, 0) is 30.3 Å². The Morgan fingerprint density at radius 1 is 0.517 bits per heavy atom. The monoisotopic (exact) mass is 406 g/mol. The van der Waals surface area contributed by atoms with E-state index in [-0.39, 0.29) is 0 Å². The van der Waals surface area contributed by atoms with Crippen LogP contribution in [0.2, 0.25) is 0 Å². The number of ether oxygens (including phenoxy) is 4. The lowest BCUT2D eigenvalue weighted by molar-refractivity contribution is 0.396. The quantitative estimate of drug-likeness (QED) is 0.378. The van der Waals surface area contributed by atoms with Gasteiger partial charge in [0.1, 0.15) is 23.0 Å². The van der Waals surface area contributed by atoms with Crippen molar-refractivity contribution in [3.05, 3.63) is 60.7 Å². The Kier molecular flexibility index (Phi) is 5.32. The number of methoxy groups -OCH3 is 4. The van der Waals surface area contributed by atoms with E-state index in [1.165, 1.54) is 4.70 Å². The Morgan fingerprint density at radius 3 is 1.52 bits per heavy atom. The number of hydrogen-bond donors (Lipinski definition) is 0. The summed E-state index contributed by atoms with van der Waals surface area (Å²) in [6.07, 6.45) is 0. The predicted octanol–water partition coefficient (Wildman–Crippen LogP) is 6.27. The summed E-state index contributed by atoms with van der Waals surface area (Å²) in [5, 5.41) is 1.13. The molecular formula is C24H22O4S. The van der Waals surface area contributed by atoms with Gasteiger partial charge < -0.3 is 18.9 Å². The van der Waals surface area contributed by atoms with E-state index in [0.29, 0.717) is 0 Å². The molecule has 0 saturated heterocycles. The van der Waals surface area contributed by atoms with E-state index in [0.717, 1.165) is 50.0 Å². The summed E-state index contributed by atoms with van der Waals surface area (Å²) in [4.78, 5) is 1.04. The van der Waals surface area contributed by atoms with Crippen molar-refractivity contribution in [1.82, 2.24) is 0 Å². The Morgan fingerprint density at radius 2 is 1.00 bits per heavy atom. The van der Waals surface area contributed by atoms with E-state index < -0.39 is 0 Å². The minimum Gasteiger partial charge on any atom is -0.496 e. The molecule has 4 aromatic rings. The smallest absolute Gasteiger partial charge is 0.131 e. The molecule has 0 aliphatic carbocycles. The Balaban J connectivity index is 2.17. The summed E-state index contributed by atoms with van der Waals surface area (Å²) in [7, 11) is 6.70. The highest BCUT2D eigenvalue weighted by molar-refractivity contribution is 7.23. The minimum atomic E-state index is 0.753. The maximum Gasteiger partial charge on any atom is 0.131 e. The van der Waals surface area contributed by atoms with Crippen LogP contribution in [0.4, 0.5) is 0 Å². The second kappa shape index (κ2) is 8.05. The van der Waals surface area contributed by atoms with Crippen molar-refractivity contribution in [3.8, 4) is 44.6 Å². The van der Waals surface area contributed by atoms with Crippen molar-refractivity contribution >= 4 is 21.4 Å². The second-order valence-electron chi connectivity index (χ2n) is 6.38. The van der Waals surface area contributed by atoms with Gasteiger partial charge in [0, 0.05) is 15.6 Å². The van der Waals surface area contributed by atoms with Crippen molar-refractivity contribution < 1.29 is 18.9 Å². The van der Waals surface area contributed by atoms with E-state index in [2.05, 4.69) is 12.1 Å². The molecule has 3 aromatic carbocycles. The molecular weight excluding hydrogens is 384 g/mol. The van der Waals surface area contributed by atoms with Gasteiger partial charge in [-0.15, -0.1) is 11.3 Å². The average molecular weight is 407 g/mol. The van der Waals surface area contributed by atoms with E-state index in [9.17, 15) is 0 Å². The van der Waals surface area contributed by atoms with Crippen LogP contribution in [0.3, 0.4) is 0 Å². The molecule has 0 N–H and O–H groups in total. The van der Waals surface area contributed by atoms with Crippen molar-refractivity contribution in [2.75, 3.05) is 28.4 Å². The number of thiophene rings is 1. The van der Waals surface area contributed by atoms with Crippen LogP contribution in [0.5, 0.6) is 23.0 Å². The van der Waals surface area contributed by atoms with Gasteiger partial charge in [0.25, 0.3) is 0 Å². The summed E-state index contributed by atoms with van der Waals surface area (Å²) < 4.78 is 24.0. The summed E-state index contributed by atoms with van der Waals surface area (Å²) >= 11 is 1.70. The number of fused-ring (bicyclic) bond motifs is 1. The van der Waals surface area contributed by atoms with Gasteiger partial charge in [-0.25, -0.2) is 0 Å².